The zero-order chi connectivity index (χ0) is 13.7. The SMILES string of the molecule is C=C1C=C(OC)[C@@H](CCC)N1C(=O)[C@H](N)CCC. The van der Waals surface area contributed by atoms with Crippen molar-refractivity contribution >= 4 is 5.91 Å². The van der Waals surface area contributed by atoms with E-state index in [9.17, 15) is 4.79 Å². The third-order valence-electron chi connectivity index (χ3n) is 3.21. The Kier molecular flexibility index (Phi) is 5.41. The molecule has 2 N–H and O–H groups in total. The van der Waals surface area contributed by atoms with Crippen LogP contribution >= 0.6 is 0 Å². The fourth-order valence-electron chi connectivity index (χ4n) is 2.31. The van der Waals surface area contributed by atoms with Gasteiger partial charge in [0.2, 0.25) is 5.91 Å². The highest BCUT2D eigenvalue weighted by Gasteiger charge is 2.35. The van der Waals surface area contributed by atoms with Crippen LogP contribution in [0.1, 0.15) is 39.5 Å². The van der Waals surface area contributed by atoms with Gasteiger partial charge in [-0.3, -0.25) is 4.79 Å². The highest BCUT2D eigenvalue weighted by atomic mass is 16.5. The quantitative estimate of drug-likeness (QED) is 0.788. The summed E-state index contributed by atoms with van der Waals surface area (Å²) in [5.41, 5.74) is 6.60. The predicted molar refractivity (Wildman–Crippen MR) is 72.7 cm³/mol. The number of hydrogen-bond acceptors (Lipinski definition) is 3. The molecule has 1 amide bonds. The number of amides is 1. The lowest BCUT2D eigenvalue weighted by Crippen LogP contribution is -2.46. The molecule has 0 aromatic rings. The molecule has 0 aromatic heterocycles. The first-order valence-corrected chi connectivity index (χ1v) is 6.59. The molecule has 1 aliphatic heterocycles. The van der Waals surface area contributed by atoms with Gasteiger partial charge < -0.3 is 15.4 Å². The fraction of sp³-hybridized carbons (Fsp3) is 0.643. The number of carbonyl (C=O) groups excluding carboxylic acids is 1. The molecule has 0 fully saturated rings. The Hall–Kier alpha value is -1.29. The first-order valence-electron chi connectivity index (χ1n) is 6.59. The number of nitrogens with zero attached hydrogens (tertiary/aromatic N) is 1. The van der Waals surface area contributed by atoms with Gasteiger partial charge in [-0.25, -0.2) is 0 Å². The molecule has 18 heavy (non-hydrogen) atoms. The van der Waals surface area contributed by atoms with Crippen molar-refractivity contribution in [3.63, 3.8) is 0 Å². The molecule has 1 aliphatic rings. The molecule has 0 aromatic carbocycles. The van der Waals surface area contributed by atoms with Crippen molar-refractivity contribution in [1.82, 2.24) is 4.90 Å². The summed E-state index contributed by atoms with van der Waals surface area (Å²) in [6.45, 7) is 8.03. The Morgan fingerprint density at radius 2 is 2.22 bits per heavy atom. The van der Waals surface area contributed by atoms with Gasteiger partial charge in [-0.1, -0.05) is 33.3 Å². The van der Waals surface area contributed by atoms with E-state index in [0.717, 1.165) is 25.0 Å². The number of methoxy groups -OCH3 is 1. The predicted octanol–water partition coefficient (Wildman–Crippen LogP) is 2.17. The fourth-order valence-corrected chi connectivity index (χ4v) is 2.31. The van der Waals surface area contributed by atoms with Crippen LogP contribution in [0.5, 0.6) is 0 Å². The lowest BCUT2D eigenvalue weighted by atomic mass is 10.1. The number of rotatable bonds is 6. The van der Waals surface area contributed by atoms with Crippen molar-refractivity contribution in [2.24, 2.45) is 5.73 Å². The topological polar surface area (TPSA) is 55.6 Å². The number of hydrogen-bond donors (Lipinski definition) is 1. The van der Waals surface area contributed by atoms with E-state index in [1.54, 1.807) is 12.0 Å². The Morgan fingerprint density at radius 1 is 1.56 bits per heavy atom. The Labute approximate surface area is 109 Å². The van der Waals surface area contributed by atoms with Gasteiger partial charge in [0.15, 0.2) is 0 Å². The maximum atomic E-state index is 12.3. The third kappa shape index (κ3) is 2.93. The molecule has 102 valence electrons. The summed E-state index contributed by atoms with van der Waals surface area (Å²) < 4.78 is 5.33. The van der Waals surface area contributed by atoms with Crippen molar-refractivity contribution in [3.05, 3.63) is 24.1 Å². The second-order valence-corrected chi connectivity index (χ2v) is 4.65. The lowest BCUT2D eigenvalue weighted by Gasteiger charge is -2.29. The van der Waals surface area contributed by atoms with E-state index in [2.05, 4.69) is 13.5 Å². The van der Waals surface area contributed by atoms with E-state index in [0.29, 0.717) is 12.1 Å². The maximum absolute atomic E-state index is 12.3. The third-order valence-corrected chi connectivity index (χ3v) is 3.21. The molecule has 0 spiro atoms. The minimum Gasteiger partial charge on any atom is -0.499 e. The largest absolute Gasteiger partial charge is 0.499 e. The van der Waals surface area contributed by atoms with Crippen LogP contribution in [0.2, 0.25) is 0 Å². The first-order chi connectivity index (χ1) is 8.56. The molecule has 0 saturated heterocycles. The molecule has 1 rings (SSSR count). The van der Waals surface area contributed by atoms with Gasteiger partial charge in [-0.05, 0) is 12.8 Å². The van der Waals surface area contributed by atoms with Gasteiger partial charge in [-0.15, -0.1) is 0 Å². The van der Waals surface area contributed by atoms with Crippen LogP contribution in [0.4, 0.5) is 0 Å². The molecule has 0 aliphatic carbocycles. The molecule has 0 saturated carbocycles. The van der Waals surface area contributed by atoms with Crippen LogP contribution in [0, 0.1) is 0 Å². The van der Waals surface area contributed by atoms with E-state index < -0.39 is 6.04 Å². The van der Waals surface area contributed by atoms with Gasteiger partial charge in [0.05, 0.1) is 19.2 Å². The van der Waals surface area contributed by atoms with Gasteiger partial charge >= 0.3 is 0 Å². The van der Waals surface area contributed by atoms with Gasteiger partial charge in [0.25, 0.3) is 0 Å². The van der Waals surface area contributed by atoms with Crippen LogP contribution in [0.15, 0.2) is 24.1 Å². The molecule has 2 atom stereocenters. The van der Waals surface area contributed by atoms with Crippen molar-refractivity contribution < 1.29 is 9.53 Å². The first kappa shape index (κ1) is 14.8. The molecule has 1 heterocycles. The van der Waals surface area contributed by atoms with E-state index in [4.69, 9.17) is 10.5 Å². The molecule has 0 unspecified atom stereocenters. The summed E-state index contributed by atoms with van der Waals surface area (Å²) in [6.07, 6.45) is 5.27. The normalized spacial score (nSPS) is 20.9. The maximum Gasteiger partial charge on any atom is 0.244 e. The van der Waals surface area contributed by atoms with E-state index in [-0.39, 0.29) is 11.9 Å². The van der Waals surface area contributed by atoms with Crippen LogP contribution in [-0.4, -0.2) is 30.0 Å². The lowest BCUT2D eigenvalue weighted by molar-refractivity contribution is -0.132. The van der Waals surface area contributed by atoms with Crippen molar-refractivity contribution in [1.29, 1.82) is 0 Å². The smallest absolute Gasteiger partial charge is 0.244 e. The number of allylic oxidation sites excluding steroid dienone is 1. The summed E-state index contributed by atoms with van der Waals surface area (Å²) in [4.78, 5) is 14.0. The molecule has 4 heteroatoms. The minimum atomic E-state index is -0.448. The Bertz CT molecular complexity index is 350. The Morgan fingerprint density at radius 3 is 2.72 bits per heavy atom. The van der Waals surface area contributed by atoms with Crippen LogP contribution < -0.4 is 5.73 Å². The summed E-state index contributed by atoms with van der Waals surface area (Å²) in [5, 5.41) is 0. The summed E-state index contributed by atoms with van der Waals surface area (Å²) in [6, 6.07) is -0.487. The van der Waals surface area contributed by atoms with Crippen LogP contribution in [0.25, 0.3) is 0 Å². The molecule has 0 radical (unpaired) electrons. The summed E-state index contributed by atoms with van der Waals surface area (Å²) in [5.74, 6) is 0.752. The molecule has 0 bridgehead atoms. The van der Waals surface area contributed by atoms with Gasteiger partial charge in [0.1, 0.15) is 5.76 Å². The van der Waals surface area contributed by atoms with Crippen LogP contribution in [0.3, 0.4) is 0 Å². The number of nitrogens with two attached hydrogens (primary N) is 1. The molecular formula is C14H24N2O2. The van der Waals surface area contributed by atoms with Crippen molar-refractivity contribution in [2.45, 2.75) is 51.6 Å². The van der Waals surface area contributed by atoms with Crippen molar-refractivity contribution in [3.8, 4) is 0 Å². The summed E-state index contributed by atoms with van der Waals surface area (Å²) >= 11 is 0. The van der Waals surface area contributed by atoms with Gasteiger partial charge in [-0.2, -0.15) is 0 Å². The van der Waals surface area contributed by atoms with E-state index >= 15 is 0 Å². The highest BCUT2D eigenvalue weighted by molar-refractivity contribution is 5.85. The zero-order valence-electron chi connectivity index (χ0n) is 11.6. The summed E-state index contributed by atoms with van der Waals surface area (Å²) in [7, 11) is 1.63. The Balaban J connectivity index is 2.86. The van der Waals surface area contributed by atoms with Gasteiger partial charge in [0, 0.05) is 11.8 Å². The minimum absolute atomic E-state index is 0.0390. The number of ether oxygens (including phenoxy) is 1. The second kappa shape index (κ2) is 6.59. The van der Waals surface area contributed by atoms with E-state index in [1.165, 1.54) is 0 Å². The zero-order valence-corrected chi connectivity index (χ0v) is 11.6. The number of carbonyl (C=O) groups is 1. The van der Waals surface area contributed by atoms with Crippen LogP contribution in [-0.2, 0) is 9.53 Å². The average molecular weight is 252 g/mol. The molecular weight excluding hydrogens is 228 g/mol. The van der Waals surface area contributed by atoms with Crippen molar-refractivity contribution in [2.75, 3.05) is 7.11 Å². The molecule has 4 nitrogen and oxygen atoms in total. The highest BCUT2D eigenvalue weighted by Crippen LogP contribution is 2.30. The van der Waals surface area contributed by atoms with E-state index in [1.807, 2.05) is 13.0 Å². The standard InChI is InChI=1S/C14H24N2O2/c1-5-7-11(15)14(17)16-10(3)9-13(18-4)12(16)8-6-2/h9,11-12H,3,5-8,15H2,1-2,4H3/t11-,12-/m1/s1. The monoisotopic (exact) mass is 252 g/mol. The second-order valence-electron chi connectivity index (χ2n) is 4.65. The average Bonchev–Trinajstić information content (AvgIpc) is 2.65.